The van der Waals surface area contributed by atoms with Crippen molar-refractivity contribution in [3.05, 3.63) is 35.4 Å². The number of aryl methyl sites for hydroxylation is 1. The van der Waals surface area contributed by atoms with Crippen molar-refractivity contribution in [2.45, 2.75) is 51.3 Å². The second-order valence-electron chi connectivity index (χ2n) is 4.84. The molecule has 2 N–H and O–H groups in total. The molecule has 3 unspecified atom stereocenters. The van der Waals surface area contributed by atoms with Crippen molar-refractivity contribution in [3.63, 3.8) is 0 Å². The Hall–Kier alpha value is -0.860. The van der Waals surface area contributed by atoms with Gasteiger partial charge in [0.25, 0.3) is 0 Å². The molecule has 1 aromatic rings. The quantitative estimate of drug-likeness (QED) is 0.818. The van der Waals surface area contributed by atoms with Crippen molar-refractivity contribution in [1.29, 1.82) is 0 Å². The van der Waals surface area contributed by atoms with Crippen LogP contribution in [0.5, 0.6) is 0 Å². The molecule has 0 aromatic heterocycles. The first-order valence-corrected chi connectivity index (χ1v) is 6.20. The van der Waals surface area contributed by atoms with E-state index >= 15 is 0 Å². The van der Waals surface area contributed by atoms with E-state index in [2.05, 4.69) is 29.6 Å². The van der Waals surface area contributed by atoms with Gasteiger partial charge in [-0.25, -0.2) is 0 Å². The molecule has 2 rings (SSSR count). The highest BCUT2D eigenvalue weighted by Crippen LogP contribution is 2.29. The molecule has 16 heavy (non-hydrogen) atoms. The van der Waals surface area contributed by atoms with Crippen LogP contribution in [0.2, 0.25) is 0 Å². The van der Waals surface area contributed by atoms with E-state index in [1.807, 2.05) is 13.8 Å². The lowest BCUT2D eigenvalue weighted by Gasteiger charge is -2.30. The molecule has 2 heteroatoms. The predicted octanol–water partition coefficient (Wildman–Crippen LogP) is 2.42. The average molecular weight is 219 g/mol. The molecule has 1 aromatic carbocycles. The molecule has 0 fully saturated rings. The Morgan fingerprint density at radius 2 is 2.06 bits per heavy atom. The Kier molecular flexibility index (Phi) is 3.62. The number of aliphatic hydroxyl groups excluding tert-OH is 1. The lowest BCUT2D eigenvalue weighted by atomic mass is 9.87. The van der Waals surface area contributed by atoms with Gasteiger partial charge in [-0.3, -0.25) is 0 Å². The van der Waals surface area contributed by atoms with Gasteiger partial charge in [-0.2, -0.15) is 0 Å². The van der Waals surface area contributed by atoms with Crippen LogP contribution in [0.1, 0.15) is 43.9 Å². The molecule has 88 valence electrons. The highest BCUT2D eigenvalue weighted by Gasteiger charge is 2.22. The molecule has 1 aliphatic rings. The average Bonchev–Trinajstić information content (AvgIpc) is 2.29. The van der Waals surface area contributed by atoms with Crippen LogP contribution in [-0.4, -0.2) is 17.3 Å². The largest absolute Gasteiger partial charge is 0.392 e. The van der Waals surface area contributed by atoms with Crippen molar-refractivity contribution >= 4 is 0 Å². The van der Waals surface area contributed by atoms with Crippen molar-refractivity contribution in [3.8, 4) is 0 Å². The Morgan fingerprint density at radius 1 is 1.31 bits per heavy atom. The number of benzene rings is 1. The number of hydrogen-bond acceptors (Lipinski definition) is 2. The van der Waals surface area contributed by atoms with Crippen LogP contribution in [0, 0.1) is 0 Å². The molecule has 0 aliphatic heterocycles. The van der Waals surface area contributed by atoms with Gasteiger partial charge in [-0.1, -0.05) is 24.3 Å². The van der Waals surface area contributed by atoms with Crippen LogP contribution in [0.3, 0.4) is 0 Å². The molecule has 0 radical (unpaired) electrons. The van der Waals surface area contributed by atoms with Crippen molar-refractivity contribution in [2.75, 3.05) is 0 Å². The second kappa shape index (κ2) is 4.98. The molecule has 3 atom stereocenters. The minimum absolute atomic E-state index is 0.149. The van der Waals surface area contributed by atoms with E-state index in [0.29, 0.717) is 6.04 Å². The van der Waals surface area contributed by atoms with Crippen LogP contribution in [-0.2, 0) is 6.42 Å². The lowest BCUT2D eigenvalue weighted by Crippen LogP contribution is -2.39. The number of rotatable bonds is 3. The van der Waals surface area contributed by atoms with E-state index in [4.69, 9.17) is 0 Å². The van der Waals surface area contributed by atoms with Crippen LogP contribution in [0.15, 0.2) is 24.3 Å². The third kappa shape index (κ3) is 2.45. The second-order valence-corrected chi connectivity index (χ2v) is 4.84. The minimum atomic E-state index is -0.297. The van der Waals surface area contributed by atoms with Gasteiger partial charge < -0.3 is 10.4 Å². The first-order chi connectivity index (χ1) is 7.68. The molecule has 0 saturated carbocycles. The van der Waals surface area contributed by atoms with Crippen LogP contribution in [0.4, 0.5) is 0 Å². The van der Waals surface area contributed by atoms with Crippen molar-refractivity contribution < 1.29 is 5.11 Å². The standard InChI is InChI=1S/C14H21NO/c1-10(11(2)16)15-14-9-5-7-12-6-3-4-8-13(12)14/h3-4,6,8,10-11,14-16H,5,7,9H2,1-2H3. The fourth-order valence-corrected chi connectivity index (χ4v) is 2.38. The molecular weight excluding hydrogens is 198 g/mol. The van der Waals surface area contributed by atoms with E-state index in [1.54, 1.807) is 0 Å². The monoisotopic (exact) mass is 219 g/mol. The Morgan fingerprint density at radius 3 is 2.81 bits per heavy atom. The van der Waals surface area contributed by atoms with Gasteiger partial charge in [0, 0.05) is 12.1 Å². The smallest absolute Gasteiger partial charge is 0.0662 e. The fraction of sp³-hybridized carbons (Fsp3) is 0.571. The minimum Gasteiger partial charge on any atom is -0.392 e. The zero-order valence-corrected chi connectivity index (χ0v) is 10.1. The number of hydrogen-bond donors (Lipinski definition) is 2. The van der Waals surface area contributed by atoms with Crippen LogP contribution in [0.25, 0.3) is 0 Å². The normalized spacial score (nSPS) is 23.6. The molecular formula is C14H21NO. The highest BCUT2D eigenvalue weighted by atomic mass is 16.3. The first kappa shape index (κ1) is 11.6. The van der Waals surface area contributed by atoms with E-state index in [1.165, 1.54) is 30.4 Å². The summed E-state index contributed by atoms with van der Waals surface area (Å²) in [6.45, 7) is 3.88. The Balaban J connectivity index is 2.13. The molecule has 0 bridgehead atoms. The van der Waals surface area contributed by atoms with Gasteiger partial charge in [0.2, 0.25) is 0 Å². The summed E-state index contributed by atoms with van der Waals surface area (Å²) in [6.07, 6.45) is 3.31. The molecule has 0 saturated heterocycles. The summed E-state index contributed by atoms with van der Waals surface area (Å²) in [7, 11) is 0. The maximum atomic E-state index is 9.54. The maximum Gasteiger partial charge on any atom is 0.0662 e. The third-order valence-corrected chi connectivity index (χ3v) is 3.56. The van der Waals surface area contributed by atoms with Crippen LogP contribution >= 0.6 is 0 Å². The topological polar surface area (TPSA) is 32.3 Å². The number of fused-ring (bicyclic) bond motifs is 1. The first-order valence-electron chi connectivity index (χ1n) is 6.20. The summed E-state index contributed by atoms with van der Waals surface area (Å²) in [5, 5.41) is 13.1. The zero-order valence-electron chi connectivity index (χ0n) is 10.1. The molecule has 1 aliphatic carbocycles. The Labute approximate surface area is 97.7 Å². The summed E-state index contributed by atoms with van der Waals surface area (Å²) < 4.78 is 0. The summed E-state index contributed by atoms with van der Waals surface area (Å²) >= 11 is 0. The number of nitrogens with one attached hydrogen (secondary N) is 1. The van der Waals surface area contributed by atoms with Crippen molar-refractivity contribution in [1.82, 2.24) is 5.32 Å². The van der Waals surface area contributed by atoms with Gasteiger partial charge in [0.05, 0.1) is 6.10 Å². The van der Waals surface area contributed by atoms with Gasteiger partial charge >= 0.3 is 0 Å². The zero-order chi connectivity index (χ0) is 11.5. The van der Waals surface area contributed by atoms with E-state index in [0.717, 1.165) is 0 Å². The Bertz CT molecular complexity index is 348. The predicted molar refractivity (Wildman–Crippen MR) is 66.4 cm³/mol. The summed E-state index contributed by atoms with van der Waals surface area (Å²) in [5.74, 6) is 0. The summed E-state index contributed by atoms with van der Waals surface area (Å²) in [5.41, 5.74) is 2.88. The van der Waals surface area contributed by atoms with Crippen molar-refractivity contribution in [2.24, 2.45) is 0 Å². The van der Waals surface area contributed by atoms with E-state index in [9.17, 15) is 5.11 Å². The summed E-state index contributed by atoms with van der Waals surface area (Å²) in [6, 6.07) is 9.20. The molecule has 0 heterocycles. The maximum absolute atomic E-state index is 9.54. The van der Waals surface area contributed by atoms with Gasteiger partial charge in [-0.05, 0) is 44.2 Å². The summed E-state index contributed by atoms with van der Waals surface area (Å²) in [4.78, 5) is 0. The SMILES string of the molecule is CC(O)C(C)NC1CCCc2ccccc21. The van der Waals surface area contributed by atoms with Crippen LogP contribution < -0.4 is 5.32 Å². The molecule has 0 spiro atoms. The molecule has 0 amide bonds. The van der Waals surface area contributed by atoms with E-state index in [-0.39, 0.29) is 12.1 Å². The van der Waals surface area contributed by atoms with Gasteiger partial charge in [-0.15, -0.1) is 0 Å². The van der Waals surface area contributed by atoms with E-state index < -0.39 is 0 Å². The van der Waals surface area contributed by atoms with Gasteiger partial charge in [0.1, 0.15) is 0 Å². The third-order valence-electron chi connectivity index (χ3n) is 3.56. The highest BCUT2D eigenvalue weighted by molar-refractivity contribution is 5.32. The fourth-order valence-electron chi connectivity index (χ4n) is 2.38. The number of aliphatic hydroxyl groups is 1. The molecule has 2 nitrogen and oxygen atoms in total. The lowest BCUT2D eigenvalue weighted by molar-refractivity contribution is 0.143. The van der Waals surface area contributed by atoms with Gasteiger partial charge in [0.15, 0.2) is 0 Å².